The lowest BCUT2D eigenvalue weighted by atomic mass is 10.2. The van der Waals surface area contributed by atoms with E-state index in [1.165, 1.54) is 5.56 Å². The lowest BCUT2D eigenvalue weighted by Crippen LogP contribution is -2.21. The van der Waals surface area contributed by atoms with Crippen LogP contribution in [0.3, 0.4) is 0 Å². The van der Waals surface area contributed by atoms with Crippen LogP contribution in [0, 0.1) is 0 Å². The molecule has 0 atom stereocenters. The second-order valence-corrected chi connectivity index (χ2v) is 4.46. The van der Waals surface area contributed by atoms with E-state index in [1.807, 2.05) is 6.20 Å². The number of aromatic nitrogens is 1. The van der Waals surface area contributed by atoms with E-state index in [1.54, 1.807) is 14.2 Å². The molecule has 0 aliphatic heterocycles. The molecule has 0 unspecified atom stereocenters. The van der Waals surface area contributed by atoms with Crippen molar-refractivity contribution in [3.05, 3.63) is 23.9 Å². The molecule has 1 N–H and O–H groups in total. The number of methoxy groups -OCH3 is 2. The first-order valence-corrected chi connectivity index (χ1v) is 6.62. The van der Waals surface area contributed by atoms with E-state index < -0.39 is 0 Å². The molecule has 0 radical (unpaired) electrons. The average Bonchev–Trinajstić information content (AvgIpc) is 2.44. The summed E-state index contributed by atoms with van der Waals surface area (Å²) in [4.78, 5) is 6.61. The van der Waals surface area contributed by atoms with Crippen molar-refractivity contribution in [1.82, 2.24) is 10.3 Å². The Labute approximate surface area is 115 Å². The van der Waals surface area contributed by atoms with Crippen molar-refractivity contribution in [2.24, 2.45) is 0 Å². The molecule has 0 spiro atoms. The maximum Gasteiger partial charge on any atom is 0.128 e. The number of rotatable bonds is 10. The summed E-state index contributed by atoms with van der Waals surface area (Å²) in [6.07, 6.45) is 2.93. The third-order valence-corrected chi connectivity index (χ3v) is 2.85. The molecule has 5 heteroatoms. The SMILES string of the molecule is COCCCN(C)c1ccc(CNCCOC)cn1. The summed E-state index contributed by atoms with van der Waals surface area (Å²) in [5, 5.41) is 3.30. The topological polar surface area (TPSA) is 46.6 Å². The fourth-order valence-corrected chi connectivity index (χ4v) is 1.71. The Hall–Kier alpha value is -1.17. The monoisotopic (exact) mass is 267 g/mol. The van der Waals surface area contributed by atoms with Crippen LogP contribution in [0.1, 0.15) is 12.0 Å². The maximum absolute atomic E-state index is 5.05. The van der Waals surface area contributed by atoms with Gasteiger partial charge in [0, 0.05) is 53.7 Å². The summed E-state index contributed by atoms with van der Waals surface area (Å²) in [5.41, 5.74) is 1.19. The predicted octanol–water partition coefficient (Wildman–Crippen LogP) is 1.29. The van der Waals surface area contributed by atoms with Crippen LogP contribution < -0.4 is 10.2 Å². The van der Waals surface area contributed by atoms with Crippen LogP contribution in [-0.2, 0) is 16.0 Å². The van der Waals surface area contributed by atoms with E-state index in [0.29, 0.717) is 0 Å². The molecule has 108 valence electrons. The molecule has 0 saturated heterocycles. The largest absolute Gasteiger partial charge is 0.385 e. The van der Waals surface area contributed by atoms with Gasteiger partial charge in [0.25, 0.3) is 0 Å². The van der Waals surface area contributed by atoms with Gasteiger partial charge in [-0.25, -0.2) is 4.98 Å². The highest BCUT2D eigenvalue weighted by molar-refractivity contribution is 5.38. The summed E-state index contributed by atoms with van der Waals surface area (Å²) in [6, 6.07) is 4.16. The van der Waals surface area contributed by atoms with Gasteiger partial charge >= 0.3 is 0 Å². The van der Waals surface area contributed by atoms with Crippen molar-refractivity contribution in [3.8, 4) is 0 Å². The molecule has 0 saturated carbocycles. The van der Waals surface area contributed by atoms with E-state index in [4.69, 9.17) is 9.47 Å². The molecule has 0 aromatic carbocycles. The molecule has 0 bridgehead atoms. The van der Waals surface area contributed by atoms with Gasteiger partial charge in [-0.1, -0.05) is 6.07 Å². The molecular weight excluding hydrogens is 242 g/mol. The van der Waals surface area contributed by atoms with Gasteiger partial charge in [0.05, 0.1) is 6.61 Å². The fraction of sp³-hybridized carbons (Fsp3) is 0.643. The van der Waals surface area contributed by atoms with Crippen molar-refractivity contribution in [2.75, 3.05) is 52.5 Å². The van der Waals surface area contributed by atoms with E-state index >= 15 is 0 Å². The molecule has 0 amide bonds. The lowest BCUT2D eigenvalue weighted by Gasteiger charge is -2.18. The molecule has 1 aromatic heterocycles. The van der Waals surface area contributed by atoms with E-state index in [0.717, 1.165) is 45.1 Å². The van der Waals surface area contributed by atoms with Gasteiger partial charge in [-0.3, -0.25) is 0 Å². The molecule has 0 aliphatic rings. The number of anilines is 1. The van der Waals surface area contributed by atoms with Crippen molar-refractivity contribution in [3.63, 3.8) is 0 Å². The summed E-state index contributed by atoms with van der Waals surface area (Å²) in [7, 11) is 5.48. The van der Waals surface area contributed by atoms with Crippen LogP contribution in [0.25, 0.3) is 0 Å². The molecule has 1 aromatic rings. The first-order valence-electron chi connectivity index (χ1n) is 6.62. The highest BCUT2D eigenvalue weighted by atomic mass is 16.5. The molecular formula is C14H25N3O2. The van der Waals surface area contributed by atoms with E-state index in [-0.39, 0.29) is 0 Å². The third kappa shape index (κ3) is 6.52. The number of nitrogens with zero attached hydrogens (tertiary/aromatic N) is 2. The van der Waals surface area contributed by atoms with Crippen molar-refractivity contribution in [2.45, 2.75) is 13.0 Å². The lowest BCUT2D eigenvalue weighted by molar-refractivity contribution is 0.196. The Morgan fingerprint density at radius 1 is 1.21 bits per heavy atom. The van der Waals surface area contributed by atoms with Gasteiger partial charge in [-0.15, -0.1) is 0 Å². The highest BCUT2D eigenvalue weighted by Gasteiger charge is 2.02. The van der Waals surface area contributed by atoms with Gasteiger partial charge in [-0.05, 0) is 18.1 Å². The highest BCUT2D eigenvalue weighted by Crippen LogP contribution is 2.09. The fourth-order valence-electron chi connectivity index (χ4n) is 1.71. The Morgan fingerprint density at radius 2 is 2.00 bits per heavy atom. The normalized spacial score (nSPS) is 10.7. The maximum atomic E-state index is 5.05. The number of hydrogen-bond acceptors (Lipinski definition) is 5. The predicted molar refractivity (Wildman–Crippen MR) is 77.6 cm³/mol. The van der Waals surface area contributed by atoms with E-state index in [9.17, 15) is 0 Å². The zero-order chi connectivity index (χ0) is 13.9. The molecule has 19 heavy (non-hydrogen) atoms. The van der Waals surface area contributed by atoms with Gasteiger partial charge in [0.1, 0.15) is 5.82 Å². The van der Waals surface area contributed by atoms with Crippen LogP contribution in [0.5, 0.6) is 0 Å². The minimum Gasteiger partial charge on any atom is -0.385 e. The zero-order valence-corrected chi connectivity index (χ0v) is 12.2. The molecule has 0 aliphatic carbocycles. The smallest absolute Gasteiger partial charge is 0.128 e. The zero-order valence-electron chi connectivity index (χ0n) is 12.2. The van der Waals surface area contributed by atoms with Crippen LogP contribution >= 0.6 is 0 Å². The summed E-state index contributed by atoms with van der Waals surface area (Å²) >= 11 is 0. The minimum absolute atomic E-state index is 0.730. The van der Waals surface area contributed by atoms with Crippen molar-refractivity contribution < 1.29 is 9.47 Å². The quantitative estimate of drug-likeness (QED) is 0.647. The van der Waals surface area contributed by atoms with Gasteiger partial charge in [0.2, 0.25) is 0 Å². The van der Waals surface area contributed by atoms with Gasteiger partial charge < -0.3 is 19.7 Å². The average molecular weight is 267 g/mol. The number of hydrogen-bond donors (Lipinski definition) is 1. The molecule has 1 rings (SSSR count). The number of nitrogens with one attached hydrogen (secondary N) is 1. The Kier molecular flexibility index (Phi) is 8.13. The summed E-state index contributed by atoms with van der Waals surface area (Å²) < 4.78 is 10.0. The first kappa shape index (κ1) is 15.9. The van der Waals surface area contributed by atoms with Crippen molar-refractivity contribution in [1.29, 1.82) is 0 Å². The molecule has 1 heterocycles. The third-order valence-electron chi connectivity index (χ3n) is 2.85. The van der Waals surface area contributed by atoms with Crippen LogP contribution in [0.15, 0.2) is 18.3 Å². The summed E-state index contributed by atoms with van der Waals surface area (Å²) in [6.45, 7) is 4.14. The minimum atomic E-state index is 0.730. The Morgan fingerprint density at radius 3 is 2.63 bits per heavy atom. The van der Waals surface area contributed by atoms with Crippen molar-refractivity contribution >= 4 is 5.82 Å². The van der Waals surface area contributed by atoms with Crippen LogP contribution in [0.4, 0.5) is 5.82 Å². The standard InChI is InChI=1S/C14H25N3O2/c1-17(8-4-9-18-2)14-6-5-13(12-16-14)11-15-7-10-19-3/h5-6,12,15H,4,7-11H2,1-3H3. The van der Waals surface area contributed by atoms with Crippen LogP contribution in [0.2, 0.25) is 0 Å². The second-order valence-electron chi connectivity index (χ2n) is 4.46. The molecule has 0 fully saturated rings. The second kappa shape index (κ2) is 9.72. The number of ether oxygens (including phenoxy) is 2. The molecule has 5 nitrogen and oxygen atoms in total. The van der Waals surface area contributed by atoms with E-state index in [2.05, 4.69) is 34.4 Å². The van der Waals surface area contributed by atoms with Crippen LogP contribution in [-0.4, -0.2) is 52.6 Å². The van der Waals surface area contributed by atoms with Gasteiger partial charge in [-0.2, -0.15) is 0 Å². The first-order chi connectivity index (χ1) is 9.27. The number of pyridine rings is 1. The van der Waals surface area contributed by atoms with Gasteiger partial charge in [0.15, 0.2) is 0 Å². The Balaban J connectivity index is 2.33. The Bertz CT molecular complexity index is 330. The summed E-state index contributed by atoms with van der Waals surface area (Å²) in [5.74, 6) is 0.997.